The highest BCUT2D eigenvalue weighted by molar-refractivity contribution is 5.66. The Morgan fingerprint density at radius 1 is 0.867 bits per heavy atom. The summed E-state index contributed by atoms with van der Waals surface area (Å²) in [4.78, 5) is 18.7. The van der Waals surface area contributed by atoms with Crippen LogP contribution in [0.15, 0.2) is 0 Å². The van der Waals surface area contributed by atoms with Gasteiger partial charge in [-0.2, -0.15) is 0 Å². The van der Waals surface area contributed by atoms with Crippen LogP contribution in [0, 0.1) is 0 Å². The molecule has 0 aliphatic rings. The average molecular weight is 221 g/mol. The predicted molar refractivity (Wildman–Crippen MR) is 60.1 cm³/mol. The first-order chi connectivity index (χ1) is 6.95. The van der Waals surface area contributed by atoms with E-state index >= 15 is 0 Å². The normalized spacial score (nSPS) is 7.73. The molecule has 0 aromatic heterocycles. The van der Waals surface area contributed by atoms with Gasteiger partial charge in [0.05, 0.1) is 0 Å². The molecule has 0 spiro atoms. The average Bonchev–Trinajstić information content (AvgIpc) is 2.20. The third-order valence-corrected chi connectivity index (χ3v) is 1.10. The highest BCUT2D eigenvalue weighted by Crippen LogP contribution is 1.67. The standard InChI is InChI=1S/C4H11N.2C3H6O2/c1-3-5-4-2;2*1-2-3(4)5/h5H,3-4H2,1-2H3;2*2H2,1H3,(H,4,5). The molecule has 0 radical (unpaired) electrons. The summed E-state index contributed by atoms with van der Waals surface area (Å²) in [6.07, 6.45) is 0.444. The molecule has 92 valence electrons. The molecule has 0 saturated carbocycles. The van der Waals surface area contributed by atoms with Gasteiger partial charge in [0.1, 0.15) is 0 Å². The van der Waals surface area contributed by atoms with E-state index in [4.69, 9.17) is 10.2 Å². The molecular formula is C10H23NO4. The lowest BCUT2D eigenvalue weighted by Gasteiger charge is -1.86. The van der Waals surface area contributed by atoms with E-state index in [9.17, 15) is 9.59 Å². The zero-order chi connectivity index (χ0) is 12.7. The quantitative estimate of drug-likeness (QED) is 0.671. The molecule has 0 aliphatic carbocycles. The molecule has 5 nitrogen and oxygen atoms in total. The van der Waals surface area contributed by atoms with Crippen molar-refractivity contribution >= 4 is 11.9 Å². The van der Waals surface area contributed by atoms with Crippen molar-refractivity contribution < 1.29 is 19.8 Å². The Kier molecular flexibility index (Phi) is 24.2. The molecular weight excluding hydrogens is 198 g/mol. The Balaban J connectivity index is -0.000000144. The van der Waals surface area contributed by atoms with Gasteiger partial charge < -0.3 is 15.5 Å². The minimum Gasteiger partial charge on any atom is -0.481 e. The third kappa shape index (κ3) is 63.8. The van der Waals surface area contributed by atoms with Crippen LogP contribution in [0.4, 0.5) is 0 Å². The minimum absolute atomic E-state index is 0.222. The van der Waals surface area contributed by atoms with E-state index < -0.39 is 11.9 Å². The zero-order valence-corrected chi connectivity index (χ0v) is 10.0. The lowest BCUT2D eigenvalue weighted by molar-refractivity contribution is -0.137. The molecule has 0 unspecified atom stereocenters. The van der Waals surface area contributed by atoms with Crippen molar-refractivity contribution in [2.45, 2.75) is 40.5 Å². The molecule has 0 heterocycles. The van der Waals surface area contributed by atoms with Crippen LogP contribution in [0.1, 0.15) is 40.5 Å². The van der Waals surface area contributed by atoms with Crippen molar-refractivity contribution in [2.24, 2.45) is 0 Å². The fourth-order valence-corrected chi connectivity index (χ4v) is 0.250. The van der Waals surface area contributed by atoms with Crippen LogP contribution in [0.2, 0.25) is 0 Å². The van der Waals surface area contributed by atoms with Crippen molar-refractivity contribution in [1.82, 2.24) is 5.32 Å². The van der Waals surface area contributed by atoms with Crippen LogP contribution in [-0.2, 0) is 9.59 Å². The second kappa shape index (κ2) is 18.6. The SMILES string of the molecule is CCC(=O)O.CCC(=O)O.CCNCC. The van der Waals surface area contributed by atoms with E-state index in [1.807, 2.05) is 0 Å². The molecule has 0 aromatic rings. The van der Waals surface area contributed by atoms with E-state index in [0.29, 0.717) is 0 Å². The van der Waals surface area contributed by atoms with Gasteiger partial charge in [-0.15, -0.1) is 0 Å². The minimum atomic E-state index is -0.745. The van der Waals surface area contributed by atoms with Crippen LogP contribution in [0.3, 0.4) is 0 Å². The predicted octanol–water partition coefficient (Wildman–Crippen LogP) is 1.58. The monoisotopic (exact) mass is 221 g/mol. The summed E-state index contributed by atoms with van der Waals surface area (Å²) in [6.45, 7) is 9.59. The molecule has 15 heavy (non-hydrogen) atoms. The fourth-order valence-electron chi connectivity index (χ4n) is 0.250. The molecule has 5 heteroatoms. The Labute approximate surface area is 91.5 Å². The number of carbonyl (C=O) groups is 2. The molecule has 0 amide bonds. The fraction of sp³-hybridized carbons (Fsp3) is 0.800. The second-order valence-electron chi connectivity index (χ2n) is 2.45. The lowest BCUT2D eigenvalue weighted by Crippen LogP contribution is -2.09. The van der Waals surface area contributed by atoms with E-state index in [1.54, 1.807) is 13.8 Å². The van der Waals surface area contributed by atoms with Crippen molar-refractivity contribution in [3.63, 3.8) is 0 Å². The van der Waals surface area contributed by atoms with Crippen LogP contribution < -0.4 is 5.32 Å². The highest BCUT2D eigenvalue weighted by atomic mass is 16.4. The van der Waals surface area contributed by atoms with Gasteiger partial charge in [0, 0.05) is 12.8 Å². The smallest absolute Gasteiger partial charge is 0.303 e. The van der Waals surface area contributed by atoms with Crippen LogP contribution in [0.25, 0.3) is 0 Å². The summed E-state index contributed by atoms with van der Waals surface area (Å²) in [5.41, 5.74) is 0. The molecule has 0 fully saturated rings. The number of carboxylic acid groups (broad SMARTS) is 2. The Bertz CT molecular complexity index is 132. The number of aliphatic carboxylic acids is 2. The Morgan fingerprint density at radius 2 is 1.07 bits per heavy atom. The maximum atomic E-state index is 9.37. The largest absolute Gasteiger partial charge is 0.481 e. The van der Waals surface area contributed by atoms with Crippen LogP contribution in [-0.4, -0.2) is 35.2 Å². The van der Waals surface area contributed by atoms with Crippen LogP contribution >= 0.6 is 0 Å². The number of hydrogen-bond acceptors (Lipinski definition) is 3. The summed E-state index contributed by atoms with van der Waals surface area (Å²) < 4.78 is 0. The molecule has 0 aromatic carbocycles. The number of nitrogens with one attached hydrogen (secondary N) is 1. The van der Waals surface area contributed by atoms with Gasteiger partial charge in [-0.3, -0.25) is 9.59 Å². The molecule has 0 bridgehead atoms. The maximum absolute atomic E-state index is 9.37. The number of rotatable bonds is 4. The summed E-state index contributed by atoms with van der Waals surface area (Å²) in [7, 11) is 0. The lowest BCUT2D eigenvalue weighted by atomic mass is 10.5. The first-order valence-electron chi connectivity index (χ1n) is 5.10. The summed E-state index contributed by atoms with van der Waals surface area (Å²) in [6, 6.07) is 0. The summed E-state index contributed by atoms with van der Waals surface area (Å²) >= 11 is 0. The Hall–Kier alpha value is -1.10. The van der Waals surface area contributed by atoms with Crippen LogP contribution in [0.5, 0.6) is 0 Å². The zero-order valence-electron chi connectivity index (χ0n) is 10.0. The van der Waals surface area contributed by atoms with Gasteiger partial charge in [-0.1, -0.05) is 27.7 Å². The summed E-state index contributed by atoms with van der Waals surface area (Å²) in [5, 5.41) is 18.6. The molecule has 0 rings (SSSR count). The summed E-state index contributed by atoms with van der Waals surface area (Å²) in [5.74, 6) is -1.49. The van der Waals surface area contributed by atoms with E-state index in [1.165, 1.54) is 0 Å². The maximum Gasteiger partial charge on any atom is 0.303 e. The molecule has 3 N–H and O–H groups in total. The molecule has 0 atom stereocenters. The topological polar surface area (TPSA) is 86.6 Å². The van der Waals surface area contributed by atoms with Crippen molar-refractivity contribution in [3.05, 3.63) is 0 Å². The van der Waals surface area contributed by atoms with Crippen molar-refractivity contribution in [3.8, 4) is 0 Å². The van der Waals surface area contributed by atoms with Gasteiger partial charge in [-0.25, -0.2) is 0 Å². The second-order valence-corrected chi connectivity index (χ2v) is 2.45. The van der Waals surface area contributed by atoms with E-state index in [-0.39, 0.29) is 12.8 Å². The first-order valence-corrected chi connectivity index (χ1v) is 5.10. The highest BCUT2D eigenvalue weighted by Gasteiger charge is 1.81. The van der Waals surface area contributed by atoms with Gasteiger partial charge >= 0.3 is 11.9 Å². The van der Waals surface area contributed by atoms with Gasteiger partial charge in [0.25, 0.3) is 0 Å². The number of carboxylic acids is 2. The van der Waals surface area contributed by atoms with Gasteiger partial charge in [0.2, 0.25) is 0 Å². The Morgan fingerprint density at radius 3 is 1.07 bits per heavy atom. The van der Waals surface area contributed by atoms with E-state index in [0.717, 1.165) is 13.1 Å². The molecule has 0 aliphatic heterocycles. The first kappa shape index (κ1) is 19.5. The van der Waals surface area contributed by atoms with Gasteiger partial charge in [0.15, 0.2) is 0 Å². The van der Waals surface area contributed by atoms with E-state index in [2.05, 4.69) is 19.2 Å². The molecule has 0 saturated heterocycles. The van der Waals surface area contributed by atoms with Crippen molar-refractivity contribution in [1.29, 1.82) is 0 Å². The van der Waals surface area contributed by atoms with Gasteiger partial charge in [-0.05, 0) is 13.1 Å². The number of hydrogen-bond donors (Lipinski definition) is 3. The third-order valence-electron chi connectivity index (χ3n) is 1.10. The van der Waals surface area contributed by atoms with Crippen molar-refractivity contribution in [2.75, 3.05) is 13.1 Å².